The molecule has 132 valence electrons. The molecule has 1 saturated carbocycles. The number of hydrogen-bond acceptors (Lipinski definition) is 3. The predicted molar refractivity (Wildman–Crippen MR) is 79.0 cm³/mol. The Bertz CT molecular complexity index is 426. The van der Waals surface area contributed by atoms with Gasteiger partial charge in [0.05, 0.1) is 0 Å². The minimum absolute atomic E-state index is 0.278. The highest BCUT2D eigenvalue weighted by Crippen LogP contribution is 2.26. The van der Waals surface area contributed by atoms with Crippen molar-refractivity contribution in [3.05, 3.63) is 0 Å². The minimum atomic E-state index is -2.84. The molecule has 1 aliphatic rings. The highest BCUT2D eigenvalue weighted by atomic mass is 19.3. The van der Waals surface area contributed by atoms with Crippen LogP contribution in [0.3, 0.4) is 0 Å². The molecule has 2 atom stereocenters. The van der Waals surface area contributed by atoms with Gasteiger partial charge in [0.2, 0.25) is 18.2 Å². The lowest BCUT2D eigenvalue weighted by molar-refractivity contribution is -0.143. The zero-order valence-corrected chi connectivity index (χ0v) is 13.2. The van der Waals surface area contributed by atoms with Crippen LogP contribution in [0, 0.1) is 5.92 Å². The molecule has 0 spiro atoms. The van der Waals surface area contributed by atoms with Crippen molar-refractivity contribution in [3.63, 3.8) is 0 Å². The van der Waals surface area contributed by atoms with Gasteiger partial charge in [0.1, 0.15) is 12.1 Å². The summed E-state index contributed by atoms with van der Waals surface area (Å²) >= 11 is 0. The summed E-state index contributed by atoms with van der Waals surface area (Å²) in [6.45, 7) is 1.40. The van der Waals surface area contributed by atoms with Crippen LogP contribution in [0.1, 0.15) is 51.9 Å². The number of alkyl halides is 2. The number of carbonyl (C=O) groups excluding carboxylic acids is 2. The first kappa shape index (κ1) is 19.3. The van der Waals surface area contributed by atoms with E-state index in [1.54, 1.807) is 0 Å². The van der Waals surface area contributed by atoms with E-state index in [4.69, 9.17) is 5.11 Å². The fraction of sp³-hybridized carbons (Fsp3) is 0.800. The van der Waals surface area contributed by atoms with Gasteiger partial charge in [0.25, 0.3) is 0 Å². The van der Waals surface area contributed by atoms with Gasteiger partial charge >= 0.3 is 5.97 Å². The number of aliphatic carboxylic acids is 1. The van der Waals surface area contributed by atoms with Crippen LogP contribution in [0.25, 0.3) is 0 Å². The molecule has 0 aromatic rings. The average molecular weight is 334 g/mol. The third-order valence-corrected chi connectivity index (χ3v) is 4.00. The third-order valence-electron chi connectivity index (χ3n) is 4.00. The molecule has 0 bridgehead atoms. The smallest absolute Gasteiger partial charge is 0.326 e. The van der Waals surface area contributed by atoms with Gasteiger partial charge in [-0.05, 0) is 25.7 Å². The fourth-order valence-corrected chi connectivity index (χ4v) is 2.72. The summed E-state index contributed by atoms with van der Waals surface area (Å²) in [4.78, 5) is 34.6. The Morgan fingerprint density at radius 1 is 1.13 bits per heavy atom. The van der Waals surface area contributed by atoms with Crippen molar-refractivity contribution < 1.29 is 28.3 Å². The topological polar surface area (TPSA) is 95.5 Å². The van der Waals surface area contributed by atoms with Crippen LogP contribution in [-0.2, 0) is 14.4 Å². The highest BCUT2D eigenvalue weighted by molar-refractivity contribution is 5.90. The lowest BCUT2D eigenvalue weighted by Gasteiger charge is -2.22. The van der Waals surface area contributed by atoms with Crippen LogP contribution in [0.5, 0.6) is 0 Å². The number of carbonyl (C=O) groups is 3. The molecule has 0 aromatic carbocycles. The predicted octanol–water partition coefficient (Wildman–Crippen LogP) is 1.69. The second-order valence-corrected chi connectivity index (χ2v) is 6.02. The van der Waals surface area contributed by atoms with E-state index in [-0.39, 0.29) is 5.91 Å². The number of halogens is 2. The molecular weight excluding hydrogens is 310 g/mol. The van der Waals surface area contributed by atoms with E-state index in [0.717, 1.165) is 25.7 Å². The molecule has 23 heavy (non-hydrogen) atoms. The molecular formula is C15H24F2N2O4. The Kier molecular flexibility index (Phi) is 7.91. The van der Waals surface area contributed by atoms with Gasteiger partial charge in [-0.3, -0.25) is 9.59 Å². The van der Waals surface area contributed by atoms with Crippen LogP contribution in [0.4, 0.5) is 8.78 Å². The van der Waals surface area contributed by atoms with Crippen molar-refractivity contribution in [2.45, 2.75) is 70.4 Å². The molecule has 2 unspecified atom stereocenters. The molecule has 1 fully saturated rings. The molecule has 2 amide bonds. The molecule has 1 rings (SSSR count). The van der Waals surface area contributed by atoms with Gasteiger partial charge in [-0.15, -0.1) is 0 Å². The number of carboxylic acids is 1. The van der Waals surface area contributed by atoms with E-state index in [2.05, 4.69) is 5.32 Å². The van der Waals surface area contributed by atoms with Gasteiger partial charge in [0.15, 0.2) is 0 Å². The lowest BCUT2D eigenvalue weighted by atomic mass is 9.87. The first-order chi connectivity index (χ1) is 10.8. The molecule has 0 radical (unpaired) electrons. The van der Waals surface area contributed by atoms with Crippen LogP contribution in [0.15, 0.2) is 0 Å². The second kappa shape index (κ2) is 9.42. The van der Waals surface area contributed by atoms with Crippen LogP contribution in [0.2, 0.25) is 0 Å². The molecule has 0 aromatic heterocycles. The maximum atomic E-state index is 12.3. The summed E-state index contributed by atoms with van der Waals surface area (Å²) < 4.78 is 24.6. The molecule has 0 heterocycles. The van der Waals surface area contributed by atoms with E-state index in [1.807, 2.05) is 5.32 Å². The zero-order chi connectivity index (χ0) is 17.4. The Hall–Kier alpha value is -1.73. The molecule has 3 N–H and O–H groups in total. The first-order valence-electron chi connectivity index (χ1n) is 7.90. The van der Waals surface area contributed by atoms with Crippen molar-refractivity contribution in [3.8, 4) is 0 Å². The van der Waals surface area contributed by atoms with Gasteiger partial charge in [0, 0.05) is 12.8 Å². The highest BCUT2D eigenvalue weighted by Gasteiger charge is 2.27. The second-order valence-electron chi connectivity index (χ2n) is 6.02. The lowest BCUT2D eigenvalue weighted by Crippen LogP contribution is -2.51. The Labute approximate surface area is 134 Å². The van der Waals surface area contributed by atoms with Crippen molar-refractivity contribution in [2.24, 2.45) is 5.92 Å². The summed E-state index contributed by atoms with van der Waals surface area (Å²) in [6.07, 6.45) is 1.88. The van der Waals surface area contributed by atoms with Gasteiger partial charge in [-0.1, -0.05) is 19.3 Å². The Morgan fingerprint density at radius 2 is 1.74 bits per heavy atom. The van der Waals surface area contributed by atoms with Gasteiger partial charge in [-0.25, -0.2) is 13.6 Å². The van der Waals surface area contributed by atoms with Crippen LogP contribution < -0.4 is 10.6 Å². The van der Waals surface area contributed by atoms with E-state index in [0.29, 0.717) is 12.3 Å². The van der Waals surface area contributed by atoms with Crippen LogP contribution in [-0.4, -0.2) is 41.4 Å². The fourth-order valence-electron chi connectivity index (χ4n) is 2.72. The van der Waals surface area contributed by atoms with Crippen molar-refractivity contribution in [2.75, 3.05) is 0 Å². The summed E-state index contributed by atoms with van der Waals surface area (Å²) in [5.41, 5.74) is 0. The molecule has 6 nitrogen and oxygen atoms in total. The third kappa shape index (κ3) is 7.38. The standard InChI is InChI=1S/C15H24F2N2O4/c1-9(14(21)19-11(15(22)23)8-12(16)17)18-13(20)7-10-5-3-2-4-6-10/h9-12H,2-8H2,1H3,(H,18,20)(H,19,21)(H,22,23). The molecule has 0 aliphatic heterocycles. The summed E-state index contributed by atoms with van der Waals surface area (Å²) in [5, 5.41) is 13.3. The summed E-state index contributed by atoms with van der Waals surface area (Å²) in [5.74, 6) is -2.28. The van der Waals surface area contributed by atoms with Crippen molar-refractivity contribution in [1.82, 2.24) is 10.6 Å². The number of amides is 2. The van der Waals surface area contributed by atoms with Crippen LogP contribution >= 0.6 is 0 Å². The number of rotatable bonds is 8. The number of hydrogen-bond donors (Lipinski definition) is 3. The summed E-state index contributed by atoms with van der Waals surface area (Å²) in [7, 11) is 0. The minimum Gasteiger partial charge on any atom is -0.480 e. The Morgan fingerprint density at radius 3 is 2.26 bits per heavy atom. The molecule has 1 aliphatic carbocycles. The van der Waals surface area contributed by atoms with Crippen molar-refractivity contribution >= 4 is 17.8 Å². The van der Waals surface area contributed by atoms with Gasteiger partial charge < -0.3 is 15.7 Å². The Balaban J connectivity index is 2.42. The summed E-state index contributed by atoms with van der Waals surface area (Å²) in [6, 6.07) is -2.63. The van der Waals surface area contributed by atoms with E-state index in [9.17, 15) is 23.2 Å². The van der Waals surface area contributed by atoms with Crippen molar-refractivity contribution in [1.29, 1.82) is 0 Å². The monoisotopic (exact) mass is 334 g/mol. The zero-order valence-electron chi connectivity index (χ0n) is 13.2. The van der Waals surface area contributed by atoms with E-state index in [1.165, 1.54) is 13.3 Å². The SMILES string of the molecule is CC(NC(=O)CC1CCCCC1)C(=O)NC(CC(F)F)C(=O)O. The largest absolute Gasteiger partial charge is 0.480 e. The number of nitrogens with one attached hydrogen (secondary N) is 2. The first-order valence-corrected chi connectivity index (χ1v) is 7.90. The van der Waals surface area contributed by atoms with Gasteiger partial charge in [-0.2, -0.15) is 0 Å². The average Bonchev–Trinajstić information content (AvgIpc) is 2.46. The quantitative estimate of drug-likeness (QED) is 0.629. The van der Waals surface area contributed by atoms with E-state index >= 15 is 0 Å². The molecule has 8 heteroatoms. The normalized spacial score (nSPS) is 18.3. The maximum Gasteiger partial charge on any atom is 0.326 e. The van der Waals surface area contributed by atoms with E-state index < -0.39 is 36.8 Å². The molecule has 0 saturated heterocycles. The number of carboxylic acid groups (broad SMARTS) is 1. The maximum absolute atomic E-state index is 12.3.